The zero-order valence-corrected chi connectivity index (χ0v) is 17.9. The molecule has 0 aliphatic carbocycles. The first-order valence-corrected chi connectivity index (χ1v) is 10.2. The number of fused-ring (bicyclic) bond motifs is 1. The van der Waals surface area contributed by atoms with Crippen LogP contribution in [0.3, 0.4) is 0 Å². The number of nitrogens with zero attached hydrogens (tertiary/aromatic N) is 2. The molecule has 6 nitrogen and oxygen atoms in total. The van der Waals surface area contributed by atoms with E-state index in [0.717, 1.165) is 11.8 Å². The lowest BCUT2D eigenvalue weighted by molar-refractivity contribution is 0.0498. The molecular formula is C22H29F2N3O3. The molecule has 1 amide bonds. The molecule has 0 bridgehead atoms. The zero-order chi connectivity index (χ0) is 21.9. The third kappa shape index (κ3) is 5.16. The van der Waals surface area contributed by atoms with Gasteiger partial charge in [-0.2, -0.15) is 0 Å². The van der Waals surface area contributed by atoms with Gasteiger partial charge in [-0.25, -0.2) is 18.6 Å². The number of carbonyl (C=O) groups is 1. The maximum Gasteiger partial charge on any atom is 0.408 e. The molecule has 2 aromatic rings. The summed E-state index contributed by atoms with van der Waals surface area (Å²) in [4.78, 5) is 16.9. The van der Waals surface area contributed by atoms with E-state index in [4.69, 9.17) is 9.47 Å². The topological polar surface area (TPSA) is 65.4 Å². The van der Waals surface area contributed by atoms with Gasteiger partial charge in [-0.1, -0.05) is 12.1 Å². The van der Waals surface area contributed by atoms with Gasteiger partial charge in [0.1, 0.15) is 11.4 Å². The third-order valence-corrected chi connectivity index (χ3v) is 5.16. The fourth-order valence-electron chi connectivity index (χ4n) is 3.81. The number of ether oxygens (including phenoxy) is 2. The second kappa shape index (κ2) is 9.12. The van der Waals surface area contributed by atoms with E-state index in [1.54, 1.807) is 40.1 Å². The quantitative estimate of drug-likeness (QED) is 0.772. The van der Waals surface area contributed by atoms with E-state index in [1.807, 2.05) is 4.57 Å². The standard InChI is InChI=1S/C22H29F2N3O3/c1-22(2,3)30-21(28)26-18-9-8-14(16-6-5-7-17(23)19(16)24)13-27-15(10-11-29-4)12-25-20(18)27/h5-7,12,14,18H,8-11,13H2,1-4H3,(H,26,28)/t14-,18-/m1/s1. The molecule has 1 aromatic heterocycles. The number of alkyl carbamates (subject to hydrolysis) is 1. The summed E-state index contributed by atoms with van der Waals surface area (Å²) in [6, 6.07) is 3.87. The SMILES string of the molecule is COCCc1cnc2n1C[C@H](c1cccc(F)c1F)CC[C@H]2NC(=O)OC(C)(C)C. The summed E-state index contributed by atoms with van der Waals surface area (Å²) in [6.07, 6.45) is 2.94. The van der Waals surface area contributed by atoms with Gasteiger partial charge < -0.3 is 19.4 Å². The Morgan fingerprint density at radius 3 is 2.77 bits per heavy atom. The number of carbonyl (C=O) groups excluding carboxylic acids is 1. The molecule has 1 N–H and O–H groups in total. The monoisotopic (exact) mass is 421 g/mol. The van der Waals surface area contributed by atoms with Crippen molar-refractivity contribution in [2.24, 2.45) is 0 Å². The van der Waals surface area contributed by atoms with Gasteiger partial charge in [0.05, 0.1) is 12.6 Å². The van der Waals surface area contributed by atoms with Gasteiger partial charge in [0.15, 0.2) is 11.6 Å². The number of amides is 1. The number of nitrogens with one attached hydrogen (secondary N) is 1. The fourth-order valence-corrected chi connectivity index (χ4v) is 3.81. The third-order valence-electron chi connectivity index (χ3n) is 5.16. The molecule has 2 atom stereocenters. The van der Waals surface area contributed by atoms with Crippen LogP contribution in [0.2, 0.25) is 0 Å². The first kappa shape index (κ1) is 22.2. The Morgan fingerprint density at radius 2 is 2.07 bits per heavy atom. The van der Waals surface area contributed by atoms with Crippen molar-refractivity contribution >= 4 is 6.09 Å². The van der Waals surface area contributed by atoms with Gasteiger partial charge >= 0.3 is 6.09 Å². The van der Waals surface area contributed by atoms with Gasteiger partial charge in [0.2, 0.25) is 0 Å². The molecule has 1 aromatic carbocycles. The molecule has 8 heteroatoms. The summed E-state index contributed by atoms with van der Waals surface area (Å²) in [7, 11) is 1.62. The van der Waals surface area contributed by atoms with Crippen LogP contribution in [-0.4, -0.2) is 35.0 Å². The number of hydrogen-bond acceptors (Lipinski definition) is 4. The maximum absolute atomic E-state index is 14.5. The van der Waals surface area contributed by atoms with Crippen LogP contribution < -0.4 is 5.32 Å². The Labute approximate surface area is 175 Å². The van der Waals surface area contributed by atoms with Crippen molar-refractivity contribution in [1.29, 1.82) is 0 Å². The lowest BCUT2D eigenvalue weighted by Gasteiger charge is -2.23. The molecule has 0 saturated carbocycles. The Kier molecular flexibility index (Phi) is 6.75. The molecule has 30 heavy (non-hydrogen) atoms. The average molecular weight is 421 g/mol. The second-order valence-corrected chi connectivity index (χ2v) is 8.58. The van der Waals surface area contributed by atoms with Crippen molar-refractivity contribution in [3.63, 3.8) is 0 Å². The van der Waals surface area contributed by atoms with Gasteiger partial charge in [-0.15, -0.1) is 0 Å². The number of methoxy groups -OCH3 is 1. The smallest absolute Gasteiger partial charge is 0.408 e. The minimum absolute atomic E-state index is 0.250. The maximum atomic E-state index is 14.5. The van der Waals surface area contributed by atoms with Crippen molar-refractivity contribution in [3.8, 4) is 0 Å². The highest BCUT2D eigenvalue weighted by Gasteiger charge is 2.31. The lowest BCUT2D eigenvalue weighted by Crippen LogP contribution is -2.35. The first-order valence-electron chi connectivity index (χ1n) is 10.2. The predicted octanol–water partition coefficient (Wildman–Crippen LogP) is 4.49. The van der Waals surface area contributed by atoms with Gasteiger partial charge in [-0.3, -0.25) is 0 Å². The van der Waals surface area contributed by atoms with E-state index in [2.05, 4.69) is 10.3 Å². The molecule has 2 heterocycles. The molecule has 0 unspecified atom stereocenters. The number of halogens is 2. The summed E-state index contributed by atoms with van der Waals surface area (Å²) in [5, 5.41) is 2.90. The minimum atomic E-state index is -0.856. The molecule has 3 rings (SSSR count). The molecule has 0 saturated heterocycles. The first-order chi connectivity index (χ1) is 14.2. The van der Waals surface area contributed by atoms with E-state index in [1.165, 1.54) is 6.07 Å². The number of aromatic nitrogens is 2. The van der Waals surface area contributed by atoms with Crippen LogP contribution in [0.1, 0.15) is 62.7 Å². The zero-order valence-electron chi connectivity index (χ0n) is 17.9. The van der Waals surface area contributed by atoms with E-state index < -0.39 is 29.4 Å². The molecule has 1 aliphatic heterocycles. The summed E-state index contributed by atoms with van der Waals surface area (Å²) in [5.41, 5.74) is 0.637. The molecule has 0 spiro atoms. The van der Waals surface area contributed by atoms with E-state index >= 15 is 0 Å². The van der Waals surface area contributed by atoms with Crippen LogP contribution >= 0.6 is 0 Å². The van der Waals surface area contributed by atoms with Crippen LogP contribution in [0.4, 0.5) is 13.6 Å². The second-order valence-electron chi connectivity index (χ2n) is 8.58. The van der Waals surface area contributed by atoms with Crippen molar-refractivity contribution < 1.29 is 23.0 Å². The van der Waals surface area contributed by atoms with E-state index in [0.29, 0.717) is 43.8 Å². The average Bonchev–Trinajstić information content (AvgIpc) is 2.96. The molecule has 164 valence electrons. The fraction of sp³-hybridized carbons (Fsp3) is 0.545. The highest BCUT2D eigenvalue weighted by Crippen LogP contribution is 2.35. The van der Waals surface area contributed by atoms with Gasteiger partial charge in [0, 0.05) is 37.9 Å². The van der Waals surface area contributed by atoms with Crippen molar-refractivity contribution in [2.45, 2.75) is 64.1 Å². The number of benzene rings is 1. The highest BCUT2D eigenvalue weighted by molar-refractivity contribution is 5.68. The summed E-state index contributed by atoms with van der Waals surface area (Å²) < 4.78 is 40.9. The van der Waals surface area contributed by atoms with Gasteiger partial charge in [-0.05, 0) is 45.2 Å². The number of imidazole rings is 1. The van der Waals surface area contributed by atoms with Crippen LogP contribution in [0.15, 0.2) is 24.4 Å². The Bertz CT molecular complexity index is 892. The summed E-state index contributed by atoms with van der Waals surface area (Å²) in [6.45, 7) is 6.35. The molecule has 0 radical (unpaired) electrons. The lowest BCUT2D eigenvalue weighted by atomic mass is 9.93. The molecule has 0 fully saturated rings. The predicted molar refractivity (Wildman–Crippen MR) is 108 cm³/mol. The van der Waals surface area contributed by atoms with Crippen molar-refractivity contribution in [1.82, 2.24) is 14.9 Å². The summed E-state index contributed by atoms with van der Waals surface area (Å²) in [5.74, 6) is -1.24. The van der Waals surface area contributed by atoms with Gasteiger partial charge in [0.25, 0.3) is 0 Å². The Morgan fingerprint density at radius 1 is 1.30 bits per heavy atom. The largest absolute Gasteiger partial charge is 0.444 e. The highest BCUT2D eigenvalue weighted by atomic mass is 19.2. The van der Waals surface area contributed by atoms with Crippen LogP contribution in [0, 0.1) is 11.6 Å². The number of rotatable bonds is 5. The number of hydrogen-bond donors (Lipinski definition) is 1. The molecule has 1 aliphatic rings. The minimum Gasteiger partial charge on any atom is -0.444 e. The Hall–Kier alpha value is -2.48. The van der Waals surface area contributed by atoms with E-state index in [9.17, 15) is 13.6 Å². The summed E-state index contributed by atoms with van der Waals surface area (Å²) >= 11 is 0. The normalized spacial score (nSPS) is 19.1. The Balaban J connectivity index is 1.91. The van der Waals surface area contributed by atoms with Crippen LogP contribution in [-0.2, 0) is 22.4 Å². The van der Waals surface area contributed by atoms with Crippen molar-refractivity contribution in [2.75, 3.05) is 13.7 Å². The van der Waals surface area contributed by atoms with E-state index in [-0.39, 0.29) is 5.92 Å². The molecular weight excluding hydrogens is 392 g/mol. The van der Waals surface area contributed by atoms with Crippen LogP contribution in [0.5, 0.6) is 0 Å². The van der Waals surface area contributed by atoms with Crippen LogP contribution in [0.25, 0.3) is 0 Å². The van der Waals surface area contributed by atoms with Crippen molar-refractivity contribution in [3.05, 3.63) is 53.1 Å².